The van der Waals surface area contributed by atoms with Crippen molar-refractivity contribution < 1.29 is 13.2 Å². The number of nitrogens with zero attached hydrogens (tertiary/aromatic N) is 1. The molecule has 1 aromatic rings. The molecule has 0 bridgehead atoms. The van der Waals surface area contributed by atoms with E-state index in [4.69, 9.17) is 0 Å². The van der Waals surface area contributed by atoms with Gasteiger partial charge in [-0.3, -0.25) is 4.79 Å². The summed E-state index contributed by atoms with van der Waals surface area (Å²) in [5.74, 6) is 0.209. The molecule has 0 aliphatic carbocycles. The van der Waals surface area contributed by atoms with Crippen molar-refractivity contribution in [3.63, 3.8) is 0 Å². The molecule has 2 atom stereocenters. The molecule has 0 saturated carbocycles. The molecule has 0 spiro atoms. The largest absolute Gasteiger partial charge is 0.355 e. The Labute approximate surface area is 172 Å². The Morgan fingerprint density at radius 2 is 2.04 bits per heavy atom. The second kappa shape index (κ2) is 10.2. The maximum absolute atomic E-state index is 12.7. The minimum atomic E-state index is -3.35. The van der Waals surface area contributed by atoms with Crippen LogP contribution in [0.1, 0.15) is 43.9 Å². The number of piperidine rings is 2. The number of hydrogen-bond donors (Lipinski definition) is 2. The van der Waals surface area contributed by atoms with Crippen LogP contribution in [0.3, 0.4) is 0 Å². The van der Waals surface area contributed by atoms with Crippen molar-refractivity contribution in [1.82, 2.24) is 14.9 Å². The zero-order chi connectivity index (χ0) is 18.6. The molecule has 2 aliphatic heterocycles. The normalized spacial score (nSPS) is 24.2. The van der Waals surface area contributed by atoms with E-state index >= 15 is 0 Å². The molecule has 9 heteroatoms. The SMILES string of the molecule is C[C@H]1C[C@@H](C(=O)NCCc2ccc(S(=O)(=O)N3CCCCC3)s2)CCN1.Cl. The summed E-state index contributed by atoms with van der Waals surface area (Å²) in [5.41, 5.74) is 0. The summed E-state index contributed by atoms with van der Waals surface area (Å²) in [6, 6.07) is 3.97. The van der Waals surface area contributed by atoms with Gasteiger partial charge in [0.25, 0.3) is 10.0 Å². The third-order valence-corrected chi connectivity index (χ3v) is 8.72. The summed E-state index contributed by atoms with van der Waals surface area (Å²) >= 11 is 1.33. The fraction of sp³-hybridized carbons (Fsp3) is 0.722. The lowest BCUT2D eigenvalue weighted by Gasteiger charge is -2.27. The van der Waals surface area contributed by atoms with Crippen molar-refractivity contribution in [2.24, 2.45) is 5.92 Å². The van der Waals surface area contributed by atoms with Crippen LogP contribution in [0.5, 0.6) is 0 Å². The van der Waals surface area contributed by atoms with Gasteiger partial charge < -0.3 is 10.6 Å². The maximum Gasteiger partial charge on any atom is 0.252 e. The molecule has 3 heterocycles. The van der Waals surface area contributed by atoms with Crippen molar-refractivity contribution in [3.05, 3.63) is 17.0 Å². The van der Waals surface area contributed by atoms with Gasteiger partial charge in [0.05, 0.1) is 0 Å². The fourth-order valence-electron chi connectivity index (χ4n) is 3.69. The van der Waals surface area contributed by atoms with Gasteiger partial charge in [-0.05, 0) is 57.7 Å². The van der Waals surface area contributed by atoms with Crippen LogP contribution in [0, 0.1) is 5.92 Å². The summed E-state index contributed by atoms with van der Waals surface area (Å²) in [5, 5.41) is 6.37. The van der Waals surface area contributed by atoms with Crippen LogP contribution in [0.2, 0.25) is 0 Å². The third kappa shape index (κ3) is 5.90. The van der Waals surface area contributed by atoms with Gasteiger partial charge in [0.2, 0.25) is 5.91 Å². The van der Waals surface area contributed by atoms with Crippen molar-refractivity contribution in [2.45, 2.75) is 55.7 Å². The molecule has 1 amide bonds. The van der Waals surface area contributed by atoms with Crippen LogP contribution in [-0.4, -0.2) is 50.9 Å². The lowest BCUT2D eigenvalue weighted by molar-refractivity contribution is -0.126. The van der Waals surface area contributed by atoms with Gasteiger partial charge in [-0.2, -0.15) is 4.31 Å². The first-order chi connectivity index (χ1) is 12.5. The highest BCUT2D eigenvalue weighted by molar-refractivity contribution is 7.91. The Hall–Kier alpha value is -0.670. The molecule has 2 saturated heterocycles. The first-order valence-corrected chi connectivity index (χ1v) is 11.8. The number of sulfonamides is 1. The van der Waals surface area contributed by atoms with Crippen molar-refractivity contribution >= 4 is 39.7 Å². The van der Waals surface area contributed by atoms with Crippen molar-refractivity contribution in [2.75, 3.05) is 26.2 Å². The summed E-state index contributed by atoms with van der Waals surface area (Å²) in [6.07, 6.45) is 5.43. The Morgan fingerprint density at radius 3 is 2.74 bits per heavy atom. The lowest BCUT2D eigenvalue weighted by atomic mass is 9.92. The van der Waals surface area contributed by atoms with Crippen LogP contribution in [-0.2, 0) is 21.2 Å². The first-order valence-electron chi connectivity index (χ1n) is 9.57. The number of rotatable bonds is 6. The van der Waals surface area contributed by atoms with Crippen LogP contribution < -0.4 is 10.6 Å². The van der Waals surface area contributed by atoms with Crippen molar-refractivity contribution in [1.29, 1.82) is 0 Å². The minimum absolute atomic E-state index is 0. The summed E-state index contributed by atoms with van der Waals surface area (Å²) < 4.78 is 27.4. The molecular weight excluding hydrogens is 406 g/mol. The van der Waals surface area contributed by atoms with E-state index in [0.29, 0.717) is 36.3 Å². The zero-order valence-electron chi connectivity index (χ0n) is 15.8. The smallest absolute Gasteiger partial charge is 0.252 e. The van der Waals surface area contributed by atoms with Gasteiger partial charge in [-0.1, -0.05) is 6.42 Å². The van der Waals surface area contributed by atoms with E-state index in [2.05, 4.69) is 17.6 Å². The van der Waals surface area contributed by atoms with E-state index in [1.54, 1.807) is 10.4 Å². The Kier molecular flexibility index (Phi) is 8.55. The fourth-order valence-corrected chi connectivity index (χ4v) is 6.71. The number of amides is 1. The molecule has 27 heavy (non-hydrogen) atoms. The summed E-state index contributed by atoms with van der Waals surface area (Å²) in [7, 11) is -3.35. The average Bonchev–Trinajstić information content (AvgIpc) is 3.12. The van der Waals surface area contributed by atoms with Crippen LogP contribution >= 0.6 is 23.7 Å². The molecule has 0 radical (unpaired) electrons. The number of carbonyl (C=O) groups excluding carboxylic acids is 1. The van der Waals surface area contributed by atoms with Gasteiger partial charge in [-0.15, -0.1) is 23.7 Å². The van der Waals surface area contributed by atoms with Gasteiger partial charge >= 0.3 is 0 Å². The number of halogens is 1. The molecule has 2 fully saturated rings. The number of hydrogen-bond acceptors (Lipinski definition) is 5. The molecule has 2 N–H and O–H groups in total. The topological polar surface area (TPSA) is 78.5 Å². The average molecular weight is 436 g/mol. The summed E-state index contributed by atoms with van der Waals surface area (Å²) in [6.45, 7) is 4.80. The molecule has 3 rings (SSSR count). The van der Waals surface area contributed by atoms with Gasteiger partial charge in [0.15, 0.2) is 0 Å². The monoisotopic (exact) mass is 435 g/mol. The van der Waals surface area contributed by atoms with E-state index < -0.39 is 10.0 Å². The van der Waals surface area contributed by atoms with Gasteiger partial charge in [0, 0.05) is 36.5 Å². The number of nitrogens with one attached hydrogen (secondary N) is 2. The summed E-state index contributed by atoms with van der Waals surface area (Å²) in [4.78, 5) is 13.3. The molecule has 1 aromatic heterocycles. The predicted molar refractivity (Wildman–Crippen MR) is 111 cm³/mol. The Bertz CT molecular complexity index is 717. The third-order valence-electron chi connectivity index (χ3n) is 5.21. The molecule has 6 nitrogen and oxygen atoms in total. The second-order valence-electron chi connectivity index (χ2n) is 7.30. The van der Waals surface area contributed by atoms with Crippen LogP contribution in [0.4, 0.5) is 0 Å². The van der Waals surface area contributed by atoms with Gasteiger partial charge in [-0.25, -0.2) is 8.42 Å². The first kappa shape index (κ1) is 22.6. The molecule has 154 valence electrons. The van der Waals surface area contributed by atoms with E-state index in [-0.39, 0.29) is 24.2 Å². The Balaban J connectivity index is 0.00000261. The highest BCUT2D eigenvalue weighted by atomic mass is 35.5. The molecule has 2 aliphatic rings. The molecule has 0 aromatic carbocycles. The Morgan fingerprint density at radius 1 is 1.30 bits per heavy atom. The highest BCUT2D eigenvalue weighted by Crippen LogP contribution is 2.27. The number of thiophene rings is 1. The van der Waals surface area contributed by atoms with E-state index in [9.17, 15) is 13.2 Å². The van der Waals surface area contributed by atoms with Crippen LogP contribution in [0.25, 0.3) is 0 Å². The van der Waals surface area contributed by atoms with Crippen molar-refractivity contribution in [3.8, 4) is 0 Å². The number of carbonyl (C=O) groups is 1. The van der Waals surface area contributed by atoms with Gasteiger partial charge in [0.1, 0.15) is 4.21 Å². The minimum Gasteiger partial charge on any atom is -0.355 e. The lowest BCUT2D eigenvalue weighted by Crippen LogP contribution is -2.42. The van der Waals surface area contributed by atoms with E-state index in [1.807, 2.05) is 6.07 Å². The highest BCUT2D eigenvalue weighted by Gasteiger charge is 2.27. The second-order valence-corrected chi connectivity index (χ2v) is 10.6. The predicted octanol–water partition coefficient (Wildman–Crippen LogP) is 2.39. The van der Waals surface area contributed by atoms with E-state index in [0.717, 1.165) is 43.5 Å². The molecular formula is C18H30ClN3O3S2. The quantitative estimate of drug-likeness (QED) is 0.719. The maximum atomic E-state index is 12.7. The van der Waals surface area contributed by atoms with E-state index in [1.165, 1.54) is 11.3 Å². The zero-order valence-corrected chi connectivity index (χ0v) is 18.2. The molecule has 0 unspecified atom stereocenters. The van der Waals surface area contributed by atoms with Crippen LogP contribution in [0.15, 0.2) is 16.3 Å². The standard InChI is InChI=1S/C18H29N3O3S2.ClH/c1-14-13-15(7-9-19-14)18(22)20-10-8-16-5-6-17(25-16)26(23,24)21-11-3-2-4-12-21;/h5-6,14-15,19H,2-4,7-13H2,1H3,(H,20,22);1H/t14-,15-;/m0./s1.